The Morgan fingerprint density at radius 3 is 1.23 bits per heavy atom. The molecule has 3 aromatic rings. The van der Waals surface area contributed by atoms with Crippen LogP contribution in [0.15, 0.2) is 42.5 Å². The van der Waals surface area contributed by atoms with Crippen molar-refractivity contribution in [1.82, 2.24) is 0 Å². The van der Waals surface area contributed by atoms with Gasteiger partial charge >= 0.3 is 6.18 Å². The molecular formula is C30H31F3O6. The molecule has 0 bridgehead atoms. The van der Waals surface area contributed by atoms with Crippen LogP contribution in [0.4, 0.5) is 13.2 Å². The molecule has 3 rings (SSSR count). The van der Waals surface area contributed by atoms with Gasteiger partial charge in [-0.1, -0.05) is 42.5 Å². The number of benzene rings is 3. The van der Waals surface area contributed by atoms with Crippen LogP contribution in [0.2, 0.25) is 0 Å². The van der Waals surface area contributed by atoms with Crippen molar-refractivity contribution in [3.05, 3.63) is 70.3 Å². The van der Waals surface area contributed by atoms with Crippen molar-refractivity contribution in [2.45, 2.75) is 12.6 Å². The quantitative estimate of drug-likeness (QED) is 0.238. The van der Waals surface area contributed by atoms with E-state index in [1.54, 1.807) is 66.8 Å². The van der Waals surface area contributed by atoms with Gasteiger partial charge in [-0.2, -0.15) is 13.2 Å². The van der Waals surface area contributed by atoms with Crippen LogP contribution in [0.25, 0.3) is 24.3 Å². The number of ether oxygens (including phenoxy) is 6. The van der Waals surface area contributed by atoms with Crippen molar-refractivity contribution in [1.29, 1.82) is 0 Å². The topological polar surface area (TPSA) is 55.4 Å². The first kappa shape index (κ1) is 29.3. The van der Waals surface area contributed by atoms with E-state index < -0.39 is 12.6 Å². The second-order valence-corrected chi connectivity index (χ2v) is 8.22. The molecular weight excluding hydrogens is 513 g/mol. The summed E-state index contributed by atoms with van der Waals surface area (Å²) in [6.45, 7) is 0. The van der Waals surface area contributed by atoms with Gasteiger partial charge in [0.25, 0.3) is 0 Å². The molecule has 0 atom stereocenters. The van der Waals surface area contributed by atoms with Crippen LogP contribution in [0.5, 0.6) is 34.5 Å². The molecule has 0 aliphatic carbocycles. The van der Waals surface area contributed by atoms with Crippen LogP contribution in [-0.4, -0.2) is 48.8 Å². The summed E-state index contributed by atoms with van der Waals surface area (Å²) in [4.78, 5) is 0. The first-order valence-electron chi connectivity index (χ1n) is 11.8. The largest absolute Gasteiger partial charge is 0.493 e. The van der Waals surface area contributed by atoms with Crippen LogP contribution in [0.3, 0.4) is 0 Å². The van der Waals surface area contributed by atoms with Gasteiger partial charge in [-0.25, -0.2) is 0 Å². The molecule has 0 aliphatic heterocycles. The Bertz CT molecular complexity index is 1250. The summed E-state index contributed by atoms with van der Waals surface area (Å²) in [5.74, 6) is 2.53. The van der Waals surface area contributed by atoms with Gasteiger partial charge in [0.2, 0.25) is 11.5 Å². The zero-order valence-corrected chi connectivity index (χ0v) is 22.6. The SMILES string of the molecule is COc1ccc(/C=C/c2cccc(/C=C/c3ccc(OC)c(OC)c3OC)c2CC(F)(F)F)c(OC)c1OC. The minimum absolute atomic E-state index is 0.122. The Morgan fingerprint density at radius 1 is 0.513 bits per heavy atom. The number of alkyl halides is 3. The van der Waals surface area contributed by atoms with E-state index in [1.165, 1.54) is 42.7 Å². The summed E-state index contributed by atoms with van der Waals surface area (Å²) in [5, 5.41) is 0. The summed E-state index contributed by atoms with van der Waals surface area (Å²) in [7, 11) is 8.95. The Hall–Kier alpha value is -4.27. The fourth-order valence-corrected chi connectivity index (χ4v) is 4.21. The van der Waals surface area contributed by atoms with E-state index in [0.717, 1.165) is 0 Å². The zero-order chi connectivity index (χ0) is 28.6. The summed E-state index contributed by atoms with van der Waals surface area (Å²) >= 11 is 0. The van der Waals surface area contributed by atoms with Crippen LogP contribution in [0, 0.1) is 0 Å². The Morgan fingerprint density at radius 2 is 0.897 bits per heavy atom. The zero-order valence-electron chi connectivity index (χ0n) is 22.6. The third kappa shape index (κ3) is 6.79. The minimum Gasteiger partial charge on any atom is -0.493 e. The lowest BCUT2D eigenvalue weighted by Gasteiger charge is -2.15. The van der Waals surface area contributed by atoms with Crippen LogP contribution >= 0.6 is 0 Å². The fourth-order valence-electron chi connectivity index (χ4n) is 4.21. The first-order chi connectivity index (χ1) is 18.7. The van der Waals surface area contributed by atoms with Crippen molar-refractivity contribution in [2.75, 3.05) is 42.7 Å². The van der Waals surface area contributed by atoms with Gasteiger partial charge < -0.3 is 28.4 Å². The average molecular weight is 545 g/mol. The molecule has 208 valence electrons. The monoisotopic (exact) mass is 544 g/mol. The number of hydrogen-bond donors (Lipinski definition) is 0. The highest BCUT2D eigenvalue weighted by molar-refractivity contribution is 5.81. The van der Waals surface area contributed by atoms with Crippen LogP contribution in [-0.2, 0) is 6.42 Å². The summed E-state index contributed by atoms with van der Waals surface area (Å²) in [6, 6.07) is 11.9. The predicted octanol–water partition coefficient (Wildman–Crippen LogP) is 7.18. The molecule has 0 aromatic heterocycles. The van der Waals surface area contributed by atoms with E-state index in [0.29, 0.717) is 56.8 Å². The normalized spacial score (nSPS) is 11.6. The maximum atomic E-state index is 13.7. The standard InChI is InChI=1S/C30H31F3O6/c1-34-24-16-14-21(26(36-3)28(24)38-5)12-10-19-8-7-9-20(23(19)18-30(31,32)33)11-13-22-15-17-25(35-2)29(39-6)27(22)37-4/h7-17H,18H2,1-6H3/b12-10+,13-11+. The highest BCUT2D eigenvalue weighted by atomic mass is 19.4. The van der Waals surface area contributed by atoms with Crippen molar-refractivity contribution in [3.63, 3.8) is 0 Å². The molecule has 0 unspecified atom stereocenters. The van der Waals surface area contributed by atoms with Crippen LogP contribution < -0.4 is 28.4 Å². The molecule has 0 saturated carbocycles. The molecule has 0 saturated heterocycles. The summed E-state index contributed by atoms with van der Waals surface area (Å²) in [5.41, 5.74) is 2.17. The van der Waals surface area contributed by atoms with E-state index in [4.69, 9.17) is 28.4 Å². The average Bonchev–Trinajstić information content (AvgIpc) is 2.93. The lowest BCUT2D eigenvalue weighted by Crippen LogP contribution is -2.13. The molecule has 0 radical (unpaired) electrons. The van der Waals surface area contributed by atoms with Gasteiger partial charge in [0, 0.05) is 11.1 Å². The molecule has 0 fully saturated rings. The third-order valence-corrected chi connectivity index (χ3v) is 5.98. The number of methoxy groups -OCH3 is 6. The van der Waals surface area contributed by atoms with Gasteiger partial charge in [0.05, 0.1) is 49.1 Å². The molecule has 0 amide bonds. The van der Waals surface area contributed by atoms with Gasteiger partial charge in [-0.15, -0.1) is 0 Å². The fraction of sp³-hybridized carbons (Fsp3) is 0.267. The molecule has 0 heterocycles. The van der Waals surface area contributed by atoms with Crippen molar-refractivity contribution >= 4 is 24.3 Å². The molecule has 9 heteroatoms. The lowest BCUT2D eigenvalue weighted by atomic mass is 9.96. The van der Waals surface area contributed by atoms with E-state index in [1.807, 2.05) is 0 Å². The van der Waals surface area contributed by atoms with Crippen molar-refractivity contribution in [2.24, 2.45) is 0 Å². The molecule has 0 N–H and O–H groups in total. The Labute approximate surface area is 226 Å². The van der Waals surface area contributed by atoms with Gasteiger partial charge in [0.1, 0.15) is 0 Å². The van der Waals surface area contributed by atoms with Gasteiger partial charge in [0.15, 0.2) is 23.0 Å². The maximum Gasteiger partial charge on any atom is 0.393 e. The van der Waals surface area contributed by atoms with E-state index in [-0.39, 0.29) is 5.56 Å². The number of halogens is 3. The maximum absolute atomic E-state index is 13.7. The lowest BCUT2D eigenvalue weighted by molar-refractivity contribution is -0.127. The minimum atomic E-state index is -4.42. The highest BCUT2D eigenvalue weighted by Gasteiger charge is 2.29. The summed E-state index contributed by atoms with van der Waals surface area (Å²) in [6.07, 6.45) is 1.08. The molecule has 3 aromatic carbocycles. The second-order valence-electron chi connectivity index (χ2n) is 8.22. The van der Waals surface area contributed by atoms with Gasteiger partial charge in [-0.3, -0.25) is 0 Å². The smallest absolute Gasteiger partial charge is 0.393 e. The summed E-state index contributed by atoms with van der Waals surface area (Å²) < 4.78 is 73.5. The Kier molecular flexibility index (Phi) is 9.76. The molecule has 0 aliphatic rings. The van der Waals surface area contributed by atoms with Crippen molar-refractivity contribution in [3.8, 4) is 34.5 Å². The molecule has 39 heavy (non-hydrogen) atoms. The van der Waals surface area contributed by atoms with Crippen LogP contribution in [0.1, 0.15) is 27.8 Å². The highest BCUT2D eigenvalue weighted by Crippen LogP contribution is 2.42. The van der Waals surface area contributed by atoms with E-state index >= 15 is 0 Å². The van der Waals surface area contributed by atoms with E-state index in [9.17, 15) is 13.2 Å². The number of hydrogen-bond acceptors (Lipinski definition) is 6. The van der Waals surface area contributed by atoms with Crippen molar-refractivity contribution < 1.29 is 41.6 Å². The first-order valence-corrected chi connectivity index (χ1v) is 11.8. The Balaban J connectivity index is 2.10. The third-order valence-electron chi connectivity index (χ3n) is 5.98. The number of rotatable bonds is 11. The predicted molar refractivity (Wildman–Crippen MR) is 146 cm³/mol. The molecule has 6 nitrogen and oxygen atoms in total. The molecule has 0 spiro atoms. The van der Waals surface area contributed by atoms with Gasteiger partial charge in [-0.05, 0) is 41.0 Å². The second kappa shape index (κ2) is 13.0. The van der Waals surface area contributed by atoms with E-state index in [2.05, 4.69) is 0 Å².